The Morgan fingerprint density at radius 1 is 1.00 bits per heavy atom. The largest absolute Gasteiger partial charge is 0.395 e. The maximum Gasteiger partial charge on any atom is 0.0843 e. The third-order valence-corrected chi connectivity index (χ3v) is 4.43. The summed E-state index contributed by atoms with van der Waals surface area (Å²) >= 11 is 0. The number of para-hydroxylation sites is 2. The van der Waals surface area contributed by atoms with E-state index in [0.29, 0.717) is 13.1 Å². The molecule has 0 saturated heterocycles. The minimum absolute atomic E-state index is 0.0443. The summed E-state index contributed by atoms with van der Waals surface area (Å²) in [6, 6.07) is 16.6. The summed E-state index contributed by atoms with van der Waals surface area (Å²) in [7, 11) is 0. The Labute approximate surface area is 136 Å². The fourth-order valence-corrected chi connectivity index (χ4v) is 3.12. The molecule has 2 atom stereocenters. The smallest absolute Gasteiger partial charge is 0.0843 e. The first kappa shape index (κ1) is 16.0. The lowest BCUT2D eigenvalue weighted by molar-refractivity contribution is 0.141. The van der Waals surface area contributed by atoms with Gasteiger partial charge in [0.15, 0.2) is 0 Å². The lowest BCUT2D eigenvalue weighted by Gasteiger charge is -2.18. The van der Waals surface area contributed by atoms with Gasteiger partial charge in [0.05, 0.1) is 19.3 Å². The van der Waals surface area contributed by atoms with Gasteiger partial charge in [0.1, 0.15) is 0 Å². The van der Waals surface area contributed by atoms with Gasteiger partial charge in [-0.15, -0.1) is 0 Å². The summed E-state index contributed by atoms with van der Waals surface area (Å²) in [5.74, 6) is 0. The Morgan fingerprint density at radius 3 is 2.09 bits per heavy atom. The summed E-state index contributed by atoms with van der Waals surface area (Å²) in [6.07, 6.45) is 0.341. The maximum atomic E-state index is 10.4. The Kier molecular flexibility index (Phi) is 4.96. The molecule has 1 heterocycles. The highest BCUT2D eigenvalue weighted by Gasteiger charge is 2.14. The second-order valence-corrected chi connectivity index (χ2v) is 5.99. The van der Waals surface area contributed by atoms with E-state index in [-0.39, 0.29) is 12.6 Å². The van der Waals surface area contributed by atoms with Crippen LogP contribution >= 0.6 is 0 Å². The molecular formula is C19H24N2O2. The van der Waals surface area contributed by atoms with Gasteiger partial charge in [-0.05, 0) is 18.6 Å². The number of nitrogens with one attached hydrogen (secondary N) is 1. The second kappa shape index (κ2) is 7.13. The highest BCUT2D eigenvalue weighted by molar-refractivity contribution is 6.07. The van der Waals surface area contributed by atoms with Crippen molar-refractivity contribution in [2.24, 2.45) is 0 Å². The van der Waals surface area contributed by atoms with Gasteiger partial charge in [-0.3, -0.25) is 0 Å². The van der Waals surface area contributed by atoms with Crippen molar-refractivity contribution in [3.63, 3.8) is 0 Å². The van der Waals surface area contributed by atoms with Crippen LogP contribution in [0.1, 0.15) is 13.3 Å². The Hall–Kier alpha value is -1.88. The number of benzene rings is 2. The van der Waals surface area contributed by atoms with Crippen LogP contribution < -0.4 is 5.32 Å². The van der Waals surface area contributed by atoms with Crippen LogP contribution in [0.25, 0.3) is 21.8 Å². The zero-order valence-corrected chi connectivity index (χ0v) is 13.4. The van der Waals surface area contributed by atoms with E-state index >= 15 is 0 Å². The molecule has 0 aliphatic rings. The monoisotopic (exact) mass is 312 g/mol. The van der Waals surface area contributed by atoms with Gasteiger partial charge in [0.2, 0.25) is 0 Å². The van der Waals surface area contributed by atoms with Gasteiger partial charge in [-0.25, -0.2) is 0 Å². The van der Waals surface area contributed by atoms with Crippen LogP contribution in [-0.4, -0.2) is 40.1 Å². The lowest BCUT2D eigenvalue weighted by atomic mass is 10.2. The number of hydrogen-bond donors (Lipinski definition) is 3. The summed E-state index contributed by atoms with van der Waals surface area (Å²) in [4.78, 5) is 0. The average Bonchev–Trinajstić information content (AvgIpc) is 2.90. The van der Waals surface area contributed by atoms with Crippen LogP contribution in [-0.2, 0) is 6.54 Å². The van der Waals surface area contributed by atoms with Crippen LogP contribution in [0, 0.1) is 0 Å². The zero-order chi connectivity index (χ0) is 16.2. The van der Waals surface area contributed by atoms with Crippen LogP contribution in [0.15, 0.2) is 48.5 Å². The van der Waals surface area contributed by atoms with E-state index < -0.39 is 6.10 Å². The van der Waals surface area contributed by atoms with Crippen LogP contribution in [0.2, 0.25) is 0 Å². The fraction of sp³-hybridized carbons (Fsp3) is 0.368. The van der Waals surface area contributed by atoms with Crippen molar-refractivity contribution < 1.29 is 10.2 Å². The van der Waals surface area contributed by atoms with Crippen molar-refractivity contribution in [2.75, 3.05) is 13.2 Å². The molecule has 0 saturated carbocycles. The zero-order valence-electron chi connectivity index (χ0n) is 13.4. The van der Waals surface area contributed by atoms with E-state index in [1.165, 1.54) is 10.8 Å². The van der Waals surface area contributed by atoms with E-state index in [1.54, 1.807) is 0 Å². The highest BCUT2D eigenvalue weighted by atomic mass is 16.3. The van der Waals surface area contributed by atoms with Crippen molar-refractivity contribution >= 4 is 21.8 Å². The third-order valence-electron chi connectivity index (χ3n) is 4.43. The molecule has 0 aliphatic carbocycles. The SMILES string of the molecule is CC[C@@H](CO)NC[C@@H](O)Cn1c2ccccc2c2ccccc21. The summed E-state index contributed by atoms with van der Waals surface area (Å²) in [5, 5.41) is 25.3. The quantitative estimate of drug-likeness (QED) is 0.628. The Balaban J connectivity index is 1.86. The van der Waals surface area contributed by atoms with E-state index in [2.05, 4.69) is 34.1 Å². The van der Waals surface area contributed by atoms with Gasteiger partial charge in [0, 0.05) is 34.4 Å². The van der Waals surface area contributed by atoms with Crippen molar-refractivity contribution in [1.29, 1.82) is 0 Å². The fourth-order valence-electron chi connectivity index (χ4n) is 3.12. The number of rotatable bonds is 7. The molecule has 0 unspecified atom stereocenters. The van der Waals surface area contributed by atoms with Crippen LogP contribution in [0.4, 0.5) is 0 Å². The van der Waals surface area contributed by atoms with E-state index in [1.807, 2.05) is 31.2 Å². The van der Waals surface area contributed by atoms with Crippen LogP contribution in [0.5, 0.6) is 0 Å². The molecule has 3 N–H and O–H groups in total. The standard InChI is InChI=1S/C19H24N2O2/c1-2-14(13-22)20-11-15(23)12-21-18-9-5-3-7-16(18)17-8-4-6-10-19(17)21/h3-10,14-15,20,22-23H,2,11-13H2,1H3/t14-,15+/m0/s1. The van der Waals surface area contributed by atoms with Crippen molar-refractivity contribution in [3.8, 4) is 0 Å². The van der Waals surface area contributed by atoms with Gasteiger partial charge in [-0.2, -0.15) is 0 Å². The molecule has 2 aromatic carbocycles. The first-order chi connectivity index (χ1) is 11.2. The summed E-state index contributed by atoms with van der Waals surface area (Å²) < 4.78 is 2.18. The Bertz CT molecular complexity index is 724. The molecule has 0 fully saturated rings. The van der Waals surface area contributed by atoms with Crippen molar-refractivity contribution in [2.45, 2.75) is 32.0 Å². The summed E-state index contributed by atoms with van der Waals surface area (Å²) in [5.41, 5.74) is 2.28. The first-order valence-electron chi connectivity index (χ1n) is 8.22. The molecule has 4 heteroatoms. The number of nitrogens with zero attached hydrogens (tertiary/aromatic N) is 1. The predicted octanol–water partition coefficient (Wildman–Crippen LogP) is 2.52. The number of hydrogen-bond acceptors (Lipinski definition) is 3. The molecule has 3 aromatic rings. The van der Waals surface area contributed by atoms with Crippen molar-refractivity contribution in [3.05, 3.63) is 48.5 Å². The molecule has 23 heavy (non-hydrogen) atoms. The number of aliphatic hydroxyl groups is 2. The molecular weight excluding hydrogens is 288 g/mol. The molecule has 0 amide bonds. The van der Waals surface area contributed by atoms with Gasteiger partial charge < -0.3 is 20.1 Å². The molecule has 0 spiro atoms. The van der Waals surface area contributed by atoms with Gasteiger partial charge >= 0.3 is 0 Å². The maximum absolute atomic E-state index is 10.4. The third kappa shape index (κ3) is 3.24. The van der Waals surface area contributed by atoms with Gasteiger partial charge in [-0.1, -0.05) is 43.3 Å². The van der Waals surface area contributed by atoms with E-state index in [9.17, 15) is 10.2 Å². The minimum Gasteiger partial charge on any atom is -0.395 e. The van der Waals surface area contributed by atoms with E-state index in [0.717, 1.165) is 17.5 Å². The average molecular weight is 312 g/mol. The molecule has 0 radical (unpaired) electrons. The highest BCUT2D eigenvalue weighted by Crippen LogP contribution is 2.28. The first-order valence-corrected chi connectivity index (χ1v) is 8.22. The second-order valence-electron chi connectivity index (χ2n) is 5.99. The predicted molar refractivity (Wildman–Crippen MR) is 94.6 cm³/mol. The van der Waals surface area contributed by atoms with E-state index in [4.69, 9.17) is 0 Å². The molecule has 122 valence electrons. The molecule has 1 aromatic heterocycles. The number of aromatic nitrogens is 1. The summed E-state index contributed by atoms with van der Waals surface area (Å²) in [6.45, 7) is 3.12. The topological polar surface area (TPSA) is 57.4 Å². The lowest BCUT2D eigenvalue weighted by Crippen LogP contribution is -2.38. The van der Waals surface area contributed by atoms with Crippen LogP contribution in [0.3, 0.4) is 0 Å². The molecule has 4 nitrogen and oxygen atoms in total. The Morgan fingerprint density at radius 2 is 1.57 bits per heavy atom. The molecule has 0 aliphatic heterocycles. The normalized spacial score (nSPS) is 14.4. The minimum atomic E-state index is -0.505. The number of fused-ring (bicyclic) bond motifs is 3. The molecule has 3 rings (SSSR count). The van der Waals surface area contributed by atoms with Gasteiger partial charge in [0.25, 0.3) is 0 Å². The van der Waals surface area contributed by atoms with Crippen molar-refractivity contribution in [1.82, 2.24) is 9.88 Å². The molecule has 0 bridgehead atoms. The number of aliphatic hydroxyl groups excluding tert-OH is 2.